The van der Waals surface area contributed by atoms with Crippen molar-refractivity contribution in [2.24, 2.45) is 0 Å². The molecule has 0 spiro atoms. The topological polar surface area (TPSA) is 66.5 Å². The number of benzene rings is 1. The number of hydrogen-bond acceptors (Lipinski definition) is 4. The van der Waals surface area contributed by atoms with E-state index in [4.69, 9.17) is 0 Å². The highest BCUT2D eigenvalue weighted by Crippen LogP contribution is 2.27. The van der Waals surface area contributed by atoms with E-state index in [1.807, 2.05) is 6.07 Å². The second kappa shape index (κ2) is 7.74. The summed E-state index contributed by atoms with van der Waals surface area (Å²) in [5, 5.41) is 2.67. The van der Waals surface area contributed by atoms with Gasteiger partial charge in [0.05, 0.1) is 12.3 Å². The molecule has 1 heterocycles. The molecular formula is C16H24N2O3S. The first-order valence-corrected chi connectivity index (χ1v) is 9.72. The zero-order valence-corrected chi connectivity index (χ0v) is 13.8. The van der Waals surface area contributed by atoms with Gasteiger partial charge in [-0.2, -0.15) is 0 Å². The Morgan fingerprint density at radius 3 is 2.45 bits per heavy atom. The van der Waals surface area contributed by atoms with Gasteiger partial charge in [0.2, 0.25) is 5.91 Å². The molecule has 0 aliphatic carbocycles. The van der Waals surface area contributed by atoms with Crippen molar-refractivity contribution in [3.63, 3.8) is 0 Å². The number of hydrogen-bond donors (Lipinski definition) is 1. The van der Waals surface area contributed by atoms with Gasteiger partial charge in [-0.3, -0.25) is 9.69 Å². The van der Waals surface area contributed by atoms with Gasteiger partial charge in [-0.15, -0.1) is 0 Å². The minimum atomic E-state index is -3.02. The molecule has 1 aliphatic heterocycles. The first-order chi connectivity index (χ1) is 10.4. The summed E-state index contributed by atoms with van der Waals surface area (Å²) in [7, 11) is -3.02. The minimum Gasteiger partial charge on any atom is -0.354 e. The van der Waals surface area contributed by atoms with Crippen molar-refractivity contribution in [2.75, 3.05) is 38.2 Å². The number of amides is 1. The molecule has 1 fully saturated rings. The zero-order valence-electron chi connectivity index (χ0n) is 13.0. The zero-order chi connectivity index (χ0) is 16.0. The molecule has 0 aromatic heterocycles. The third-order valence-electron chi connectivity index (χ3n) is 4.02. The molecule has 0 radical (unpaired) electrons. The molecule has 1 aromatic rings. The fourth-order valence-electron chi connectivity index (χ4n) is 2.78. The monoisotopic (exact) mass is 324 g/mol. The molecule has 1 N–H and O–H groups in total. The lowest BCUT2D eigenvalue weighted by atomic mass is 9.89. The summed E-state index contributed by atoms with van der Waals surface area (Å²) in [6.45, 7) is 2.35. The van der Waals surface area contributed by atoms with Crippen LogP contribution in [0.4, 0.5) is 0 Å². The van der Waals surface area contributed by atoms with Crippen molar-refractivity contribution >= 4 is 15.7 Å². The van der Waals surface area contributed by atoms with Gasteiger partial charge >= 0.3 is 0 Å². The Kier molecular flexibility index (Phi) is 5.97. The first-order valence-electron chi connectivity index (χ1n) is 7.66. The summed E-state index contributed by atoms with van der Waals surface area (Å²) >= 11 is 0. The molecule has 1 amide bonds. The molecule has 0 atom stereocenters. The summed E-state index contributed by atoms with van der Waals surface area (Å²) in [6, 6.07) is 10.5. The van der Waals surface area contributed by atoms with E-state index >= 15 is 0 Å². The van der Waals surface area contributed by atoms with Crippen LogP contribution in [-0.2, 0) is 14.6 Å². The average Bonchev–Trinajstić information content (AvgIpc) is 2.47. The van der Waals surface area contributed by atoms with Crippen LogP contribution < -0.4 is 5.32 Å². The molecule has 6 heteroatoms. The molecule has 1 aromatic carbocycles. The van der Waals surface area contributed by atoms with E-state index in [0.717, 1.165) is 25.9 Å². The predicted molar refractivity (Wildman–Crippen MR) is 87.6 cm³/mol. The highest BCUT2D eigenvalue weighted by Gasteiger charge is 2.21. The summed E-state index contributed by atoms with van der Waals surface area (Å²) in [5.41, 5.74) is 1.37. The van der Waals surface area contributed by atoms with Crippen molar-refractivity contribution in [3.8, 4) is 0 Å². The Bertz CT molecular complexity index is 579. The second-order valence-corrected chi connectivity index (χ2v) is 8.20. The number of likely N-dealkylation sites (tertiary alicyclic amines) is 1. The summed E-state index contributed by atoms with van der Waals surface area (Å²) in [6.07, 6.45) is 3.29. The van der Waals surface area contributed by atoms with Crippen molar-refractivity contribution in [3.05, 3.63) is 35.9 Å². The number of sulfone groups is 1. The highest BCUT2D eigenvalue weighted by atomic mass is 32.2. The van der Waals surface area contributed by atoms with Gasteiger partial charge in [-0.1, -0.05) is 30.3 Å². The Balaban J connectivity index is 1.70. The van der Waals surface area contributed by atoms with E-state index in [-0.39, 0.29) is 18.2 Å². The molecule has 122 valence electrons. The van der Waals surface area contributed by atoms with E-state index in [1.54, 1.807) is 0 Å². The predicted octanol–water partition coefficient (Wildman–Crippen LogP) is 1.03. The molecule has 0 saturated carbocycles. The molecule has 0 bridgehead atoms. The number of nitrogens with one attached hydrogen (secondary N) is 1. The number of rotatable bonds is 6. The van der Waals surface area contributed by atoms with Gasteiger partial charge < -0.3 is 5.32 Å². The van der Waals surface area contributed by atoms with E-state index in [1.165, 1.54) is 11.8 Å². The van der Waals surface area contributed by atoms with Gasteiger partial charge in [0.1, 0.15) is 9.84 Å². The number of carbonyl (C=O) groups is 1. The van der Waals surface area contributed by atoms with Crippen LogP contribution in [0.15, 0.2) is 30.3 Å². The van der Waals surface area contributed by atoms with Crippen molar-refractivity contribution in [1.29, 1.82) is 0 Å². The Hall–Kier alpha value is -1.40. The maximum Gasteiger partial charge on any atom is 0.234 e. The van der Waals surface area contributed by atoms with Crippen LogP contribution >= 0.6 is 0 Å². The maximum absolute atomic E-state index is 11.8. The van der Waals surface area contributed by atoms with Crippen molar-refractivity contribution < 1.29 is 13.2 Å². The fourth-order valence-corrected chi connectivity index (χ4v) is 3.26. The van der Waals surface area contributed by atoms with Gasteiger partial charge in [-0.25, -0.2) is 8.42 Å². The van der Waals surface area contributed by atoms with E-state index in [9.17, 15) is 13.2 Å². The minimum absolute atomic E-state index is 0.00514. The lowest BCUT2D eigenvalue weighted by Crippen LogP contribution is -2.42. The standard InChI is InChI=1S/C16H24N2O3S/c1-22(20,21)12-9-17-16(19)13-18-10-7-15(8-11-18)14-5-3-2-4-6-14/h2-6,15H,7-13H2,1H3,(H,17,19). The van der Waals surface area contributed by atoms with Crippen molar-refractivity contribution in [2.45, 2.75) is 18.8 Å². The number of carbonyl (C=O) groups excluding carboxylic acids is 1. The molecule has 22 heavy (non-hydrogen) atoms. The molecule has 1 saturated heterocycles. The maximum atomic E-state index is 11.8. The van der Waals surface area contributed by atoms with Gasteiger partial charge in [0.15, 0.2) is 0 Å². The van der Waals surface area contributed by atoms with Crippen LogP contribution in [0.25, 0.3) is 0 Å². The van der Waals surface area contributed by atoms with E-state index in [2.05, 4.69) is 34.5 Å². The lowest BCUT2D eigenvalue weighted by molar-refractivity contribution is -0.122. The Morgan fingerprint density at radius 1 is 1.23 bits per heavy atom. The molecule has 0 unspecified atom stereocenters. The third kappa shape index (κ3) is 5.77. The smallest absolute Gasteiger partial charge is 0.234 e. The largest absolute Gasteiger partial charge is 0.354 e. The molecular weight excluding hydrogens is 300 g/mol. The van der Waals surface area contributed by atoms with Gasteiger partial charge in [0, 0.05) is 12.8 Å². The van der Waals surface area contributed by atoms with E-state index < -0.39 is 9.84 Å². The summed E-state index contributed by atoms with van der Waals surface area (Å²) in [4.78, 5) is 13.9. The number of piperidine rings is 1. The Morgan fingerprint density at radius 2 is 1.86 bits per heavy atom. The van der Waals surface area contributed by atoms with Crippen LogP contribution in [0.1, 0.15) is 24.3 Å². The SMILES string of the molecule is CS(=O)(=O)CCNC(=O)CN1CCC(c2ccccc2)CC1. The molecule has 1 aliphatic rings. The average molecular weight is 324 g/mol. The van der Waals surface area contributed by atoms with Crippen LogP contribution in [0.5, 0.6) is 0 Å². The van der Waals surface area contributed by atoms with Crippen molar-refractivity contribution in [1.82, 2.24) is 10.2 Å². The van der Waals surface area contributed by atoms with Crippen LogP contribution in [-0.4, -0.2) is 57.4 Å². The summed E-state index contributed by atoms with van der Waals surface area (Å²) in [5.74, 6) is 0.474. The van der Waals surface area contributed by atoms with Crippen LogP contribution in [0.2, 0.25) is 0 Å². The lowest BCUT2D eigenvalue weighted by Gasteiger charge is -2.31. The molecule has 2 rings (SSSR count). The van der Waals surface area contributed by atoms with E-state index in [0.29, 0.717) is 12.5 Å². The fraction of sp³-hybridized carbons (Fsp3) is 0.562. The number of nitrogens with zero attached hydrogens (tertiary/aromatic N) is 1. The quantitative estimate of drug-likeness (QED) is 0.849. The molecule has 5 nitrogen and oxygen atoms in total. The highest BCUT2D eigenvalue weighted by molar-refractivity contribution is 7.90. The van der Waals surface area contributed by atoms with Gasteiger partial charge in [0.25, 0.3) is 0 Å². The van der Waals surface area contributed by atoms with Crippen LogP contribution in [0, 0.1) is 0 Å². The Labute approximate surface area is 132 Å². The third-order valence-corrected chi connectivity index (χ3v) is 4.97. The van der Waals surface area contributed by atoms with Crippen LogP contribution in [0.3, 0.4) is 0 Å². The van der Waals surface area contributed by atoms with Gasteiger partial charge in [-0.05, 0) is 37.4 Å². The first kappa shape index (κ1) is 17.0. The normalized spacial score (nSPS) is 17.3. The summed E-state index contributed by atoms with van der Waals surface area (Å²) < 4.78 is 22.0. The second-order valence-electron chi connectivity index (χ2n) is 5.94.